The Labute approximate surface area is 214 Å². The third-order valence-corrected chi connectivity index (χ3v) is 7.03. The van der Waals surface area contributed by atoms with Crippen LogP contribution < -0.4 is 15.2 Å². The Hall–Kier alpha value is -2.93. The molecule has 0 amide bonds. The first-order valence-corrected chi connectivity index (χ1v) is 13.1. The number of aromatic amines is 1. The van der Waals surface area contributed by atoms with Gasteiger partial charge in [0.2, 0.25) is 0 Å². The molecule has 35 heavy (non-hydrogen) atoms. The molecule has 0 bridgehead atoms. The summed E-state index contributed by atoms with van der Waals surface area (Å²) in [5, 5.41) is 0. The number of rotatable bonds is 9. The molecule has 0 spiro atoms. The van der Waals surface area contributed by atoms with Gasteiger partial charge in [-0.3, -0.25) is 9.59 Å². The molecular weight excluding hydrogens is 506 g/mol. The molecule has 1 aliphatic rings. The van der Waals surface area contributed by atoms with Gasteiger partial charge < -0.3 is 14.6 Å². The van der Waals surface area contributed by atoms with Gasteiger partial charge >= 0.3 is 0 Å². The highest BCUT2D eigenvalue weighted by molar-refractivity contribution is 9.10. The van der Waals surface area contributed by atoms with Crippen LogP contribution in [0.15, 0.2) is 57.8 Å². The summed E-state index contributed by atoms with van der Waals surface area (Å²) >= 11 is 3.35. The first-order chi connectivity index (χ1) is 17.0. The molecule has 0 atom stereocenters. The molecule has 3 aromatic rings. The normalized spacial score (nSPS) is 13.8. The van der Waals surface area contributed by atoms with Crippen LogP contribution >= 0.6 is 15.9 Å². The summed E-state index contributed by atoms with van der Waals surface area (Å²) < 4.78 is 6.82. The van der Waals surface area contributed by atoms with Crippen molar-refractivity contribution in [3.63, 3.8) is 0 Å². The van der Waals surface area contributed by atoms with Crippen molar-refractivity contribution in [3.05, 3.63) is 86.0 Å². The lowest BCUT2D eigenvalue weighted by Crippen LogP contribution is -2.30. The predicted molar refractivity (Wildman–Crippen MR) is 143 cm³/mol. The topological polar surface area (TPSA) is 75.3 Å². The average molecular weight is 538 g/mol. The molecule has 0 aliphatic carbocycles. The van der Waals surface area contributed by atoms with E-state index in [1.54, 1.807) is 0 Å². The zero-order chi connectivity index (χ0) is 24.8. The summed E-state index contributed by atoms with van der Waals surface area (Å²) in [6, 6.07) is 15.2. The van der Waals surface area contributed by atoms with Crippen molar-refractivity contribution in [2.75, 3.05) is 24.6 Å². The molecule has 1 fully saturated rings. The van der Waals surface area contributed by atoms with Crippen LogP contribution in [0.25, 0.3) is 0 Å². The van der Waals surface area contributed by atoms with E-state index in [2.05, 4.69) is 30.8 Å². The van der Waals surface area contributed by atoms with Crippen LogP contribution in [0.2, 0.25) is 0 Å². The van der Waals surface area contributed by atoms with Crippen molar-refractivity contribution in [1.82, 2.24) is 9.97 Å². The summed E-state index contributed by atoms with van der Waals surface area (Å²) in [6.45, 7) is 6.36. The van der Waals surface area contributed by atoms with Crippen molar-refractivity contribution >= 4 is 27.4 Å². The number of nitrogens with zero attached hydrogens (tertiary/aromatic N) is 2. The molecule has 0 radical (unpaired) electrons. The van der Waals surface area contributed by atoms with Crippen LogP contribution in [0.1, 0.15) is 72.9 Å². The van der Waals surface area contributed by atoms with Gasteiger partial charge in [0.15, 0.2) is 11.5 Å². The quantitative estimate of drug-likeness (QED) is 0.272. The van der Waals surface area contributed by atoms with Crippen molar-refractivity contribution in [2.24, 2.45) is 0 Å². The second kappa shape index (κ2) is 11.7. The number of H-pyrrole nitrogens is 1. The molecule has 1 aromatic heterocycles. The number of ketones is 1. The first-order valence-electron chi connectivity index (χ1n) is 12.3. The van der Waals surface area contributed by atoms with Gasteiger partial charge in [-0.1, -0.05) is 50.2 Å². The van der Waals surface area contributed by atoms with Gasteiger partial charge in [0.25, 0.3) is 5.56 Å². The van der Waals surface area contributed by atoms with Crippen LogP contribution in [0, 0.1) is 0 Å². The van der Waals surface area contributed by atoms with Crippen LogP contribution in [0.4, 0.5) is 5.69 Å². The van der Waals surface area contributed by atoms with E-state index in [0.29, 0.717) is 46.6 Å². The molecule has 1 N–H and O–H groups in total. The Bertz CT molecular complexity index is 1220. The zero-order valence-corrected chi connectivity index (χ0v) is 21.9. The molecule has 2 heterocycles. The number of benzene rings is 2. The lowest BCUT2D eigenvalue weighted by Gasteiger charge is -2.31. The minimum Gasteiger partial charge on any atom is -0.491 e. The Morgan fingerprint density at radius 1 is 1.09 bits per heavy atom. The second-order valence-corrected chi connectivity index (χ2v) is 10.0. The standard InChI is InChI=1S/C28H32BrN3O3/c1-19(2)25-24(29)28(34)31-23(30-25)15-10-18-35-27-21(26(33)20-11-5-3-6-12-20)13-9-14-22(27)32-16-7-4-8-17-32/h3,5-6,9,11-14,19H,4,7-8,10,15-18H2,1-2H3,(H,30,31,34). The summed E-state index contributed by atoms with van der Waals surface area (Å²) in [5.74, 6) is 1.39. The van der Waals surface area contributed by atoms with E-state index in [1.807, 2.05) is 62.4 Å². The Morgan fingerprint density at radius 2 is 1.83 bits per heavy atom. The number of anilines is 1. The first kappa shape index (κ1) is 25.2. The van der Waals surface area contributed by atoms with Gasteiger partial charge in [0.05, 0.1) is 23.6 Å². The maximum absolute atomic E-state index is 13.4. The number of hydrogen-bond acceptors (Lipinski definition) is 5. The number of para-hydroxylation sites is 1. The van der Waals surface area contributed by atoms with E-state index >= 15 is 0 Å². The summed E-state index contributed by atoms with van der Waals surface area (Å²) in [6.07, 6.45) is 4.74. The molecule has 2 aromatic carbocycles. The van der Waals surface area contributed by atoms with Crippen LogP contribution in [0.5, 0.6) is 5.75 Å². The molecule has 6 nitrogen and oxygen atoms in total. The van der Waals surface area contributed by atoms with Crippen molar-refractivity contribution < 1.29 is 9.53 Å². The van der Waals surface area contributed by atoms with Gasteiger partial charge in [-0.05, 0) is 59.7 Å². The largest absolute Gasteiger partial charge is 0.491 e. The van der Waals surface area contributed by atoms with E-state index in [0.717, 1.165) is 37.3 Å². The van der Waals surface area contributed by atoms with E-state index in [1.165, 1.54) is 6.42 Å². The Morgan fingerprint density at radius 3 is 2.54 bits per heavy atom. The van der Waals surface area contributed by atoms with Crippen LogP contribution in [0.3, 0.4) is 0 Å². The fraction of sp³-hybridized carbons (Fsp3) is 0.393. The average Bonchev–Trinajstić information content (AvgIpc) is 2.88. The molecular formula is C28H32BrN3O3. The van der Waals surface area contributed by atoms with E-state index in [4.69, 9.17) is 4.74 Å². The van der Waals surface area contributed by atoms with Crippen molar-refractivity contribution in [1.29, 1.82) is 0 Å². The Balaban J connectivity index is 1.55. The van der Waals surface area contributed by atoms with Gasteiger partial charge in [-0.15, -0.1) is 0 Å². The monoisotopic (exact) mass is 537 g/mol. The fourth-order valence-corrected chi connectivity index (χ4v) is 5.07. The van der Waals surface area contributed by atoms with Gasteiger partial charge in [0, 0.05) is 25.1 Å². The number of halogens is 1. The van der Waals surface area contributed by atoms with Crippen LogP contribution in [-0.4, -0.2) is 35.4 Å². The number of carbonyl (C=O) groups is 1. The number of piperidine rings is 1. The lowest BCUT2D eigenvalue weighted by molar-refractivity contribution is 0.103. The molecule has 0 saturated carbocycles. The van der Waals surface area contributed by atoms with E-state index in [-0.39, 0.29) is 17.3 Å². The minimum absolute atomic E-state index is 0.0417. The minimum atomic E-state index is -0.161. The Kier molecular flexibility index (Phi) is 8.39. The van der Waals surface area contributed by atoms with Gasteiger partial charge in [-0.25, -0.2) is 4.98 Å². The molecule has 1 saturated heterocycles. The van der Waals surface area contributed by atoms with Gasteiger partial charge in [-0.2, -0.15) is 0 Å². The highest BCUT2D eigenvalue weighted by Crippen LogP contribution is 2.35. The molecule has 0 unspecified atom stereocenters. The highest BCUT2D eigenvalue weighted by atomic mass is 79.9. The highest BCUT2D eigenvalue weighted by Gasteiger charge is 2.22. The molecule has 7 heteroatoms. The number of ether oxygens (including phenoxy) is 1. The van der Waals surface area contributed by atoms with E-state index in [9.17, 15) is 9.59 Å². The maximum atomic E-state index is 13.4. The van der Waals surface area contributed by atoms with Crippen molar-refractivity contribution in [3.8, 4) is 5.75 Å². The maximum Gasteiger partial charge on any atom is 0.265 e. The fourth-order valence-electron chi connectivity index (χ4n) is 4.42. The summed E-state index contributed by atoms with van der Waals surface area (Å²) in [4.78, 5) is 35.5. The lowest BCUT2D eigenvalue weighted by atomic mass is 10.0. The SMILES string of the molecule is CC(C)c1nc(CCCOc2c(C(=O)c3ccccc3)cccc2N2CCCCC2)[nH]c(=O)c1Br. The summed E-state index contributed by atoms with van der Waals surface area (Å²) in [5.41, 5.74) is 2.80. The second-order valence-electron chi connectivity index (χ2n) is 9.22. The number of aromatic nitrogens is 2. The molecule has 1 aliphatic heterocycles. The van der Waals surface area contributed by atoms with Crippen LogP contribution in [-0.2, 0) is 6.42 Å². The van der Waals surface area contributed by atoms with Gasteiger partial charge in [0.1, 0.15) is 10.3 Å². The zero-order valence-electron chi connectivity index (χ0n) is 20.4. The number of carbonyl (C=O) groups excluding carboxylic acids is 1. The number of nitrogens with one attached hydrogen (secondary N) is 1. The predicted octanol–water partition coefficient (Wildman–Crippen LogP) is 5.89. The smallest absolute Gasteiger partial charge is 0.265 e. The third-order valence-electron chi connectivity index (χ3n) is 6.26. The molecule has 184 valence electrons. The molecule has 4 rings (SSSR count). The number of aryl methyl sites for hydroxylation is 1. The van der Waals surface area contributed by atoms with Crippen molar-refractivity contribution in [2.45, 2.75) is 51.9 Å². The third kappa shape index (κ3) is 6.01. The summed E-state index contributed by atoms with van der Waals surface area (Å²) in [7, 11) is 0. The van der Waals surface area contributed by atoms with E-state index < -0.39 is 0 Å². The number of hydrogen-bond donors (Lipinski definition) is 1.